The summed E-state index contributed by atoms with van der Waals surface area (Å²) in [6.07, 6.45) is 1.57. The Bertz CT molecular complexity index is 1120. The third-order valence-corrected chi connectivity index (χ3v) is 6.19. The van der Waals surface area contributed by atoms with Gasteiger partial charge in [0, 0.05) is 15.6 Å². The van der Waals surface area contributed by atoms with Gasteiger partial charge in [-0.25, -0.2) is 4.79 Å². The maximum Gasteiger partial charge on any atom is 0.328 e. The topological polar surface area (TPSA) is 82.1 Å². The zero-order chi connectivity index (χ0) is 24.1. The first-order valence-corrected chi connectivity index (χ1v) is 11.5. The monoisotopic (exact) mass is 509 g/mol. The van der Waals surface area contributed by atoms with E-state index in [0.29, 0.717) is 33.7 Å². The Hall–Kier alpha value is -2.68. The summed E-state index contributed by atoms with van der Waals surface area (Å²) in [6, 6.07) is 9.30. The minimum Gasteiger partial charge on any atom is -0.490 e. The number of hydrogen-bond donors (Lipinski definition) is 0. The maximum absolute atomic E-state index is 12.7. The van der Waals surface area contributed by atoms with Crippen molar-refractivity contribution in [1.82, 2.24) is 4.90 Å². The Morgan fingerprint density at radius 2 is 1.88 bits per heavy atom. The summed E-state index contributed by atoms with van der Waals surface area (Å²) >= 11 is 12.9. The van der Waals surface area contributed by atoms with Crippen molar-refractivity contribution in [3.05, 3.63) is 62.5 Å². The second kappa shape index (κ2) is 11.0. The molecule has 1 heterocycles. The van der Waals surface area contributed by atoms with Gasteiger partial charge in [-0.2, -0.15) is 0 Å². The zero-order valence-corrected chi connectivity index (χ0v) is 20.4. The molecular weight excluding hydrogens is 489 g/mol. The normalized spacial score (nSPS) is 15.7. The SMILES string of the molecule is CCOc1cc(/C=C2/SC(=O)N([C@@H](C)C(=O)OC)C2=O)ccc1OCc1ccc(Cl)cc1Cl. The van der Waals surface area contributed by atoms with Crippen LogP contribution in [0.5, 0.6) is 11.5 Å². The quantitative estimate of drug-likeness (QED) is 0.339. The molecule has 0 aliphatic carbocycles. The van der Waals surface area contributed by atoms with Crippen molar-refractivity contribution in [3.8, 4) is 11.5 Å². The van der Waals surface area contributed by atoms with Crippen LogP contribution in [-0.2, 0) is 20.9 Å². The molecule has 0 bridgehead atoms. The van der Waals surface area contributed by atoms with E-state index < -0.39 is 23.2 Å². The molecule has 1 atom stereocenters. The van der Waals surface area contributed by atoms with Crippen LogP contribution in [0.2, 0.25) is 10.0 Å². The van der Waals surface area contributed by atoms with Crippen molar-refractivity contribution in [2.45, 2.75) is 26.5 Å². The van der Waals surface area contributed by atoms with Gasteiger partial charge in [-0.15, -0.1) is 0 Å². The van der Waals surface area contributed by atoms with E-state index in [1.165, 1.54) is 14.0 Å². The predicted molar refractivity (Wildman–Crippen MR) is 128 cm³/mol. The number of carbonyl (C=O) groups is 3. The van der Waals surface area contributed by atoms with Crippen molar-refractivity contribution < 1.29 is 28.6 Å². The molecule has 0 aromatic heterocycles. The van der Waals surface area contributed by atoms with Gasteiger partial charge < -0.3 is 14.2 Å². The molecule has 0 spiro atoms. The highest BCUT2D eigenvalue weighted by molar-refractivity contribution is 8.18. The van der Waals surface area contributed by atoms with Crippen molar-refractivity contribution in [2.75, 3.05) is 13.7 Å². The minimum atomic E-state index is -1.01. The Labute approximate surface area is 205 Å². The van der Waals surface area contributed by atoms with E-state index in [9.17, 15) is 14.4 Å². The Kier molecular flexibility index (Phi) is 8.29. The number of methoxy groups -OCH3 is 1. The predicted octanol–water partition coefficient (Wildman–Crippen LogP) is 5.57. The average molecular weight is 510 g/mol. The van der Waals surface area contributed by atoms with Crippen molar-refractivity contribution in [3.63, 3.8) is 0 Å². The molecule has 0 saturated carbocycles. The molecular formula is C23H21Cl2NO6S. The van der Waals surface area contributed by atoms with E-state index in [4.69, 9.17) is 32.7 Å². The summed E-state index contributed by atoms with van der Waals surface area (Å²) in [7, 11) is 1.20. The summed E-state index contributed by atoms with van der Waals surface area (Å²) in [6.45, 7) is 3.89. The number of carbonyl (C=O) groups excluding carboxylic acids is 3. The molecule has 0 unspecified atom stereocenters. The number of rotatable bonds is 8. The summed E-state index contributed by atoms with van der Waals surface area (Å²) in [5.74, 6) is -0.260. The molecule has 0 radical (unpaired) electrons. The van der Waals surface area contributed by atoms with Gasteiger partial charge in [0.1, 0.15) is 12.6 Å². The lowest BCUT2D eigenvalue weighted by Gasteiger charge is -2.18. The van der Waals surface area contributed by atoms with Crippen LogP contribution in [0.4, 0.5) is 4.79 Å². The van der Waals surface area contributed by atoms with Gasteiger partial charge in [0.25, 0.3) is 11.1 Å². The van der Waals surface area contributed by atoms with E-state index in [-0.39, 0.29) is 11.5 Å². The molecule has 2 aromatic rings. The van der Waals surface area contributed by atoms with Crippen LogP contribution in [-0.4, -0.2) is 41.8 Å². The molecule has 2 amide bonds. The largest absolute Gasteiger partial charge is 0.490 e. The molecule has 174 valence electrons. The molecule has 1 aliphatic rings. The van der Waals surface area contributed by atoms with Crippen LogP contribution in [0.3, 0.4) is 0 Å². The van der Waals surface area contributed by atoms with Gasteiger partial charge in [0.15, 0.2) is 11.5 Å². The average Bonchev–Trinajstić information content (AvgIpc) is 3.06. The van der Waals surface area contributed by atoms with Crippen molar-refractivity contribution in [2.24, 2.45) is 0 Å². The summed E-state index contributed by atoms with van der Waals surface area (Å²) in [5, 5.41) is 0.497. The van der Waals surface area contributed by atoms with E-state index in [2.05, 4.69) is 4.74 Å². The number of thioether (sulfide) groups is 1. The molecule has 10 heteroatoms. The Balaban J connectivity index is 1.81. The summed E-state index contributed by atoms with van der Waals surface area (Å²) in [4.78, 5) is 37.9. The fraction of sp³-hybridized carbons (Fsp3) is 0.261. The van der Waals surface area contributed by atoms with Gasteiger partial charge in [0.05, 0.1) is 18.6 Å². The van der Waals surface area contributed by atoms with Crippen LogP contribution in [0, 0.1) is 0 Å². The van der Waals surface area contributed by atoms with E-state index in [1.807, 2.05) is 6.92 Å². The lowest BCUT2D eigenvalue weighted by Crippen LogP contribution is -2.42. The minimum absolute atomic E-state index is 0.194. The summed E-state index contributed by atoms with van der Waals surface area (Å²) in [5.41, 5.74) is 1.40. The van der Waals surface area contributed by atoms with Gasteiger partial charge in [-0.3, -0.25) is 14.5 Å². The van der Waals surface area contributed by atoms with Crippen LogP contribution in [0.1, 0.15) is 25.0 Å². The maximum atomic E-state index is 12.7. The molecule has 7 nitrogen and oxygen atoms in total. The molecule has 0 N–H and O–H groups in total. The molecule has 1 aliphatic heterocycles. The zero-order valence-electron chi connectivity index (χ0n) is 18.1. The first kappa shape index (κ1) is 25.0. The highest BCUT2D eigenvalue weighted by atomic mass is 35.5. The third-order valence-electron chi connectivity index (χ3n) is 4.72. The lowest BCUT2D eigenvalue weighted by atomic mass is 10.1. The second-order valence-corrected chi connectivity index (χ2v) is 8.75. The lowest BCUT2D eigenvalue weighted by molar-refractivity contribution is -0.148. The van der Waals surface area contributed by atoms with Crippen LogP contribution in [0.25, 0.3) is 6.08 Å². The van der Waals surface area contributed by atoms with Crippen molar-refractivity contribution in [1.29, 1.82) is 0 Å². The van der Waals surface area contributed by atoms with Crippen LogP contribution >= 0.6 is 35.0 Å². The van der Waals surface area contributed by atoms with Gasteiger partial charge in [-0.05, 0) is 61.5 Å². The first-order valence-electron chi connectivity index (χ1n) is 9.93. The third kappa shape index (κ3) is 5.82. The highest BCUT2D eigenvalue weighted by Crippen LogP contribution is 2.36. The molecule has 1 fully saturated rings. The smallest absolute Gasteiger partial charge is 0.328 e. The first-order chi connectivity index (χ1) is 15.7. The fourth-order valence-electron chi connectivity index (χ4n) is 3.04. The molecule has 33 heavy (non-hydrogen) atoms. The molecule has 3 rings (SSSR count). The van der Waals surface area contributed by atoms with Crippen LogP contribution in [0.15, 0.2) is 41.3 Å². The van der Waals surface area contributed by atoms with E-state index in [0.717, 1.165) is 22.2 Å². The Morgan fingerprint density at radius 1 is 1.12 bits per heavy atom. The number of imide groups is 1. The van der Waals surface area contributed by atoms with Gasteiger partial charge in [0.2, 0.25) is 0 Å². The Morgan fingerprint density at radius 3 is 2.55 bits per heavy atom. The number of esters is 1. The van der Waals surface area contributed by atoms with Crippen LogP contribution < -0.4 is 9.47 Å². The van der Waals surface area contributed by atoms with Gasteiger partial charge in [-0.1, -0.05) is 35.3 Å². The van der Waals surface area contributed by atoms with Crippen molar-refractivity contribution >= 4 is 58.2 Å². The highest BCUT2D eigenvalue weighted by Gasteiger charge is 2.41. The number of nitrogens with zero attached hydrogens (tertiary/aromatic N) is 1. The number of amides is 2. The standard InChI is InChI=1S/C23H21Cl2NO6S/c1-4-31-19-9-14(5-8-18(19)32-12-15-6-7-16(24)11-17(15)25)10-20-21(27)26(23(29)33-20)13(2)22(28)30-3/h5-11,13H,4,12H2,1-3H3/b20-10+/t13-/m0/s1. The number of halogens is 2. The fourth-order valence-corrected chi connectivity index (χ4v) is 4.41. The number of hydrogen-bond acceptors (Lipinski definition) is 7. The van der Waals surface area contributed by atoms with E-state index >= 15 is 0 Å². The van der Waals surface area contributed by atoms with Gasteiger partial charge >= 0.3 is 5.97 Å². The molecule has 2 aromatic carbocycles. The summed E-state index contributed by atoms with van der Waals surface area (Å²) < 4.78 is 16.2. The molecule has 1 saturated heterocycles. The second-order valence-electron chi connectivity index (χ2n) is 6.91. The van der Waals surface area contributed by atoms with E-state index in [1.54, 1.807) is 42.5 Å². The number of benzene rings is 2. The number of ether oxygens (including phenoxy) is 3.